The SMILES string of the molecule is CCOC(=O)C1C(c2ccncc2)C(C#N)=C(SCC(N)=O)NC1(C)O. The Morgan fingerprint density at radius 3 is 2.69 bits per heavy atom. The van der Waals surface area contributed by atoms with E-state index in [1.165, 1.54) is 6.92 Å². The number of pyridine rings is 1. The summed E-state index contributed by atoms with van der Waals surface area (Å²) in [6.07, 6.45) is 3.08. The number of aromatic nitrogens is 1. The molecule has 26 heavy (non-hydrogen) atoms. The Labute approximate surface area is 155 Å². The molecular weight excluding hydrogens is 356 g/mol. The Bertz CT molecular complexity index is 758. The molecule has 1 aliphatic rings. The van der Waals surface area contributed by atoms with E-state index in [1.54, 1.807) is 31.5 Å². The second kappa shape index (κ2) is 8.21. The van der Waals surface area contributed by atoms with Crippen molar-refractivity contribution in [1.29, 1.82) is 5.26 Å². The fourth-order valence-corrected chi connectivity index (χ4v) is 3.81. The number of carbonyl (C=O) groups is 2. The number of amides is 1. The van der Waals surface area contributed by atoms with Gasteiger partial charge in [0.25, 0.3) is 0 Å². The van der Waals surface area contributed by atoms with Crippen LogP contribution in [-0.2, 0) is 14.3 Å². The Morgan fingerprint density at radius 1 is 1.50 bits per heavy atom. The van der Waals surface area contributed by atoms with Gasteiger partial charge >= 0.3 is 5.97 Å². The molecule has 0 saturated carbocycles. The van der Waals surface area contributed by atoms with Gasteiger partial charge in [0, 0.05) is 18.3 Å². The maximum Gasteiger partial charge on any atom is 0.314 e. The predicted molar refractivity (Wildman–Crippen MR) is 95.2 cm³/mol. The van der Waals surface area contributed by atoms with Crippen molar-refractivity contribution in [2.75, 3.05) is 12.4 Å². The molecule has 138 valence electrons. The number of aliphatic hydroxyl groups is 1. The zero-order valence-corrected chi connectivity index (χ0v) is 15.2. The summed E-state index contributed by atoms with van der Waals surface area (Å²) in [7, 11) is 0. The van der Waals surface area contributed by atoms with E-state index in [2.05, 4.69) is 16.4 Å². The number of nitriles is 1. The first-order valence-electron chi connectivity index (χ1n) is 7.94. The van der Waals surface area contributed by atoms with Crippen molar-refractivity contribution >= 4 is 23.6 Å². The second-order valence-electron chi connectivity index (χ2n) is 5.87. The number of hydrogen-bond acceptors (Lipinski definition) is 8. The normalized spacial score (nSPS) is 25.2. The van der Waals surface area contributed by atoms with Gasteiger partial charge in [-0.15, -0.1) is 0 Å². The third-order valence-corrected chi connectivity index (χ3v) is 4.99. The van der Waals surface area contributed by atoms with E-state index in [0.717, 1.165) is 11.8 Å². The highest BCUT2D eigenvalue weighted by molar-refractivity contribution is 8.03. The highest BCUT2D eigenvalue weighted by Gasteiger charge is 2.50. The number of carbonyl (C=O) groups excluding carboxylic acids is 2. The molecule has 0 saturated heterocycles. The van der Waals surface area contributed by atoms with Gasteiger partial charge in [-0.05, 0) is 31.5 Å². The molecular formula is C17H20N4O4S. The number of rotatable bonds is 6. The van der Waals surface area contributed by atoms with Crippen LogP contribution in [0.15, 0.2) is 35.1 Å². The first-order valence-corrected chi connectivity index (χ1v) is 8.92. The van der Waals surface area contributed by atoms with Crippen molar-refractivity contribution in [3.05, 3.63) is 40.7 Å². The van der Waals surface area contributed by atoms with Gasteiger partial charge in [-0.25, -0.2) is 0 Å². The van der Waals surface area contributed by atoms with Gasteiger partial charge in [0.1, 0.15) is 11.6 Å². The summed E-state index contributed by atoms with van der Waals surface area (Å²) in [6, 6.07) is 5.44. The molecule has 1 amide bonds. The Balaban J connectivity index is 2.60. The van der Waals surface area contributed by atoms with Gasteiger partial charge < -0.3 is 20.9 Å². The first-order chi connectivity index (χ1) is 12.3. The van der Waals surface area contributed by atoms with E-state index < -0.39 is 29.4 Å². The minimum Gasteiger partial charge on any atom is -0.466 e. The molecule has 8 nitrogen and oxygen atoms in total. The fourth-order valence-electron chi connectivity index (χ4n) is 2.91. The molecule has 3 atom stereocenters. The summed E-state index contributed by atoms with van der Waals surface area (Å²) >= 11 is 1.01. The van der Waals surface area contributed by atoms with Crippen LogP contribution < -0.4 is 11.1 Å². The van der Waals surface area contributed by atoms with Crippen LogP contribution >= 0.6 is 11.8 Å². The van der Waals surface area contributed by atoms with Crippen LogP contribution in [0.25, 0.3) is 0 Å². The molecule has 0 radical (unpaired) electrons. The number of esters is 1. The molecule has 1 aliphatic heterocycles. The number of nitrogens with two attached hydrogens (primary N) is 1. The first kappa shape index (κ1) is 19.8. The molecule has 0 aromatic carbocycles. The lowest BCUT2D eigenvalue weighted by atomic mass is 9.74. The molecule has 4 N–H and O–H groups in total. The number of nitrogens with one attached hydrogen (secondary N) is 1. The summed E-state index contributed by atoms with van der Waals surface area (Å²) in [5.41, 5.74) is 4.35. The lowest BCUT2D eigenvalue weighted by molar-refractivity contribution is -0.161. The maximum atomic E-state index is 12.6. The maximum absolute atomic E-state index is 12.6. The van der Waals surface area contributed by atoms with Crippen molar-refractivity contribution in [3.8, 4) is 6.07 Å². The molecule has 0 bridgehead atoms. The minimum absolute atomic E-state index is 0.0727. The van der Waals surface area contributed by atoms with Crippen molar-refractivity contribution in [3.63, 3.8) is 0 Å². The van der Waals surface area contributed by atoms with Crippen LogP contribution in [0.2, 0.25) is 0 Å². The molecule has 3 unspecified atom stereocenters. The summed E-state index contributed by atoms with van der Waals surface area (Å²) in [4.78, 5) is 27.7. The molecule has 9 heteroatoms. The number of thioether (sulfide) groups is 1. The van der Waals surface area contributed by atoms with Gasteiger partial charge in [-0.1, -0.05) is 11.8 Å². The van der Waals surface area contributed by atoms with E-state index in [-0.39, 0.29) is 17.9 Å². The molecule has 1 aromatic heterocycles. The molecule has 0 aliphatic carbocycles. The lowest BCUT2D eigenvalue weighted by Gasteiger charge is -2.42. The van der Waals surface area contributed by atoms with Gasteiger partial charge in [0.05, 0.1) is 29.0 Å². The molecule has 0 spiro atoms. The highest BCUT2D eigenvalue weighted by Crippen LogP contribution is 2.44. The highest BCUT2D eigenvalue weighted by atomic mass is 32.2. The van der Waals surface area contributed by atoms with Crippen LogP contribution in [0.4, 0.5) is 0 Å². The lowest BCUT2D eigenvalue weighted by Crippen LogP contribution is -2.57. The van der Waals surface area contributed by atoms with Crippen LogP contribution in [0.1, 0.15) is 25.3 Å². The number of primary amides is 1. The van der Waals surface area contributed by atoms with Crippen LogP contribution in [0.5, 0.6) is 0 Å². The van der Waals surface area contributed by atoms with E-state index in [1.807, 2.05) is 0 Å². The van der Waals surface area contributed by atoms with Crippen LogP contribution in [0.3, 0.4) is 0 Å². The minimum atomic E-state index is -1.69. The second-order valence-corrected chi connectivity index (χ2v) is 6.86. The van der Waals surface area contributed by atoms with Crippen molar-refractivity contribution in [1.82, 2.24) is 10.3 Å². The van der Waals surface area contributed by atoms with Gasteiger partial charge in [-0.2, -0.15) is 5.26 Å². The molecule has 2 heterocycles. The topological polar surface area (TPSA) is 138 Å². The van der Waals surface area contributed by atoms with E-state index in [9.17, 15) is 20.0 Å². The van der Waals surface area contributed by atoms with Gasteiger partial charge in [0.2, 0.25) is 5.91 Å². The van der Waals surface area contributed by atoms with E-state index in [0.29, 0.717) is 10.6 Å². The zero-order valence-electron chi connectivity index (χ0n) is 14.4. The largest absolute Gasteiger partial charge is 0.466 e. The summed E-state index contributed by atoms with van der Waals surface area (Å²) in [6.45, 7) is 3.24. The molecule has 1 aromatic rings. The number of ether oxygens (including phenoxy) is 1. The Morgan fingerprint density at radius 2 is 2.15 bits per heavy atom. The number of hydrogen-bond donors (Lipinski definition) is 3. The third-order valence-electron chi connectivity index (χ3n) is 3.95. The number of nitrogens with zero attached hydrogens (tertiary/aromatic N) is 2. The Kier molecular flexibility index (Phi) is 6.23. The standard InChI is InChI=1S/C17H20N4O4S/c1-3-25-16(23)14-13(10-4-6-20-7-5-10)11(8-18)15(21-17(14,2)24)26-9-12(19)22/h4-7,13-14,21,24H,3,9H2,1-2H3,(H2,19,22). The van der Waals surface area contributed by atoms with Crippen molar-refractivity contribution < 1.29 is 19.4 Å². The van der Waals surface area contributed by atoms with Crippen molar-refractivity contribution in [2.24, 2.45) is 11.7 Å². The Hall–Kier alpha value is -2.57. The third kappa shape index (κ3) is 4.15. The smallest absolute Gasteiger partial charge is 0.314 e. The monoisotopic (exact) mass is 376 g/mol. The average Bonchev–Trinajstić information content (AvgIpc) is 2.59. The molecule has 2 rings (SSSR count). The van der Waals surface area contributed by atoms with Gasteiger partial charge in [0.15, 0.2) is 0 Å². The number of allylic oxidation sites excluding steroid dienone is 1. The quantitative estimate of drug-likeness (QED) is 0.614. The van der Waals surface area contributed by atoms with Crippen molar-refractivity contribution in [2.45, 2.75) is 25.5 Å². The van der Waals surface area contributed by atoms with Crippen LogP contribution in [-0.4, -0.2) is 40.1 Å². The van der Waals surface area contributed by atoms with E-state index in [4.69, 9.17) is 10.5 Å². The van der Waals surface area contributed by atoms with E-state index >= 15 is 0 Å². The summed E-state index contributed by atoms with van der Waals surface area (Å²) in [5, 5.41) is 23.7. The summed E-state index contributed by atoms with van der Waals surface area (Å²) in [5.74, 6) is -3.07. The predicted octanol–water partition coefficient (Wildman–Crippen LogP) is 0.610. The average molecular weight is 376 g/mol. The molecule has 0 fully saturated rings. The van der Waals surface area contributed by atoms with Gasteiger partial charge in [-0.3, -0.25) is 14.6 Å². The fraction of sp³-hybridized carbons (Fsp3) is 0.412. The zero-order chi connectivity index (χ0) is 19.3. The summed E-state index contributed by atoms with van der Waals surface area (Å²) < 4.78 is 5.13. The van der Waals surface area contributed by atoms with Crippen LogP contribution in [0, 0.1) is 17.2 Å².